The molecule has 1 N–H and O–H groups in total. The quantitative estimate of drug-likeness (QED) is 0.940. The van der Waals surface area contributed by atoms with E-state index in [4.69, 9.17) is 4.74 Å². The van der Waals surface area contributed by atoms with E-state index >= 15 is 0 Å². The van der Waals surface area contributed by atoms with Crippen molar-refractivity contribution in [2.75, 3.05) is 25.5 Å². The summed E-state index contributed by atoms with van der Waals surface area (Å²) >= 11 is 0. The number of nitrogens with one attached hydrogen (secondary N) is 1. The van der Waals surface area contributed by atoms with Gasteiger partial charge < -0.3 is 15.0 Å². The van der Waals surface area contributed by atoms with Crippen LogP contribution in [0.5, 0.6) is 5.75 Å². The first-order valence-corrected chi connectivity index (χ1v) is 8.07. The van der Waals surface area contributed by atoms with Crippen LogP contribution in [0, 0.1) is 5.92 Å². The molecule has 2 amide bonds. The van der Waals surface area contributed by atoms with Gasteiger partial charge in [0.15, 0.2) is 0 Å². The third-order valence-corrected chi connectivity index (χ3v) is 4.40. The number of fused-ring (bicyclic) bond motifs is 1. The maximum atomic E-state index is 12.5. The zero-order valence-corrected chi connectivity index (χ0v) is 13.9. The highest BCUT2D eigenvalue weighted by Crippen LogP contribution is 2.23. The normalized spacial score (nSPS) is 17.6. The molecule has 1 fully saturated rings. The van der Waals surface area contributed by atoms with Crippen molar-refractivity contribution in [1.29, 1.82) is 0 Å². The van der Waals surface area contributed by atoms with E-state index in [1.165, 1.54) is 0 Å². The second-order valence-corrected chi connectivity index (χ2v) is 6.08. The van der Waals surface area contributed by atoms with Gasteiger partial charge in [0, 0.05) is 31.5 Å². The number of pyridine rings is 1. The average molecular weight is 327 g/mol. The van der Waals surface area contributed by atoms with Crippen LogP contribution in [0.25, 0.3) is 10.9 Å². The fourth-order valence-corrected chi connectivity index (χ4v) is 3.02. The zero-order valence-electron chi connectivity index (χ0n) is 13.9. The Balaban J connectivity index is 1.72. The first kappa shape index (κ1) is 16.2. The van der Waals surface area contributed by atoms with E-state index in [0.717, 1.165) is 36.0 Å². The lowest BCUT2D eigenvalue weighted by atomic mass is 9.97. The minimum Gasteiger partial charge on any atom is -0.497 e. The van der Waals surface area contributed by atoms with Crippen LogP contribution >= 0.6 is 0 Å². The highest BCUT2D eigenvalue weighted by molar-refractivity contribution is 5.95. The molecule has 0 bridgehead atoms. The third-order valence-electron chi connectivity index (χ3n) is 4.40. The van der Waals surface area contributed by atoms with Crippen molar-refractivity contribution in [3.05, 3.63) is 30.5 Å². The molecule has 126 valence electrons. The van der Waals surface area contributed by atoms with E-state index in [-0.39, 0.29) is 17.7 Å². The number of piperidine rings is 1. The van der Waals surface area contributed by atoms with Crippen LogP contribution in [0.1, 0.15) is 19.8 Å². The second kappa shape index (κ2) is 6.86. The molecular formula is C18H21N3O3. The molecule has 0 aliphatic carbocycles. The molecule has 1 atom stereocenters. The minimum absolute atomic E-state index is 0.0221. The van der Waals surface area contributed by atoms with E-state index in [0.29, 0.717) is 12.2 Å². The third kappa shape index (κ3) is 3.48. The van der Waals surface area contributed by atoms with Crippen LogP contribution in [-0.2, 0) is 9.59 Å². The summed E-state index contributed by atoms with van der Waals surface area (Å²) in [5.74, 6) is 0.539. The summed E-state index contributed by atoms with van der Waals surface area (Å²) in [4.78, 5) is 30.1. The number of benzene rings is 1. The number of anilines is 1. The van der Waals surface area contributed by atoms with Gasteiger partial charge in [0.2, 0.25) is 11.8 Å². The number of aromatic nitrogens is 1. The molecule has 24 heavy (non-hydrogen) atoms. The monoisotopic (exact) mass is 327 g/mol. The van der Waals surface area contributed by atoms with Crippen molar-refractivity contribution in [2.24, 2.45) is 5.92 Å². The highest BCUT2D eigenvalue weighted by atomic mass is 16.5. The van der Waals surface area contributed by atoms with Crippen molar-refractivity contribution < 1.29 is 14.3 Å². The number of hydrogen-bond donors (Lipinski definition) is 1. The molecule has 6 heteroatoms. The van der Waals surface area contributed by atoms with Crippen LogP contribution in [0.3, 0.4) is 0 Å². The fourth-order valence-electron chi connectivity index (χ4n) is 3.02. The number of carbonyl (C=O) groups excluding carboxylic acids is 2. The van der Waals surface area contributed by atoms with Crippen LogP contribution in [0.15, 0.2) is 30.5 Å². The smallest absolute Gasteiger partial charge is 0.229 e. The summed E-state index contributed by atoms with van der Waals surface area (Å²) in [7, 11) is 1.62. The minimum atomic E-state index is -0.172. The van der Waals surface area contributed by atoms with Gasteiger partial charge in [-0.1, -0.05) is 0 Å². The Morgan fingerprint density at radius 2 is 2.17 bits per heavy atom. The van der Waals surface area contributed by atoms with E-state index in [1.54, 1.807) is 25.1 Å². The number of rotatable bonds is 3. The SMILES string of the molecule is COc1ccc2cc(NC(=O)C3CCCN(C(C)=O)C3)cnc2c1. The summed E-state index contributed by atoms with van der Waals surface area (Å²) in [6.07, 6.45) is 3.30. The van der Waals surface area contributed by atoms with Crippen LogP contribution in [0.4, 0.5) is 5.69 Å². The highest BCUT2D eigenvalue weighted by Gasteiger charge is 2.27. The van der Waals surface area contributed by atoms with Crippen LogP contribution in [0.2, 0.25) is 0 Å². The molecule has 6 nitrogen and oxygen atoms in total. The first-order valence-electron chi connectivity index (χ1n) is 8.07. The molecule has 0 spiro atoms. The second-order valence-electron chi connectivity index (χ2n) is 6.08. The molecule has 1 aliphatic rings. The van der Waals surface area contributed by atoms with Crippen LogP contribution in [-0.4, -0.2) is 41.9 Å². The first-order chi connectivity index (χ1) is 11.6. The van der Waals surface area contributed by atoms with Crippen molar-refractivity contribution in [3.63, 3.8) is 0 Å². The Bertz CT molecular complexity index is 775. The Labute approximate surface area is 140 Å². The van der Waals surface area contributed by atoms with Gasteiger partial charge in [0.25, 0.3) is 0 Å². The van der Waals surface area contributed by atoms with Gasteiger partial charge in [-0.2, -0.15) is 0 Å². The van der Waals surface area contributed by atoms with Crippen LogP contribution < -0.4 is 10.1 Å². The number of ether oxygens (including phenoxy) is 1. The Morgan fingerprint density at radius 1 is 1.33 bits per heavy atom. The predicted octanol–water partition coefficient (Wildman–Crippen LogP) is 2.44. The summed E-state index contributed by atoms with van der Waals surface area (Å²) in [6.45, 7) is 2.76. The molecule has 0 saturated carbocycles. The van der Waals surface area contributed by atoms with Crippen molar-refractivity contribution in [2.45, 2.75) is 19.8 Å². The van der Waals surface area contributed by atoms with Gasteiger partial charge in [-0.15, -0.1) is 0 Å². The number of likely N-dealkylation sites (tertiary alicyclic amines) is 1. The number of carbonyl (C=O) groups is 2. The molecule has 1 saturated heterocycles. The molecule has 2 aromatic rings. The number of amides is 2. The molecule has 1 aromatic carbocycles. The Morgan fingerprint density at radius 3 is 2.92 bits per heavy atom. The van der Waals surface area contributed by atoms with Gasteiger partial charge in [0.1, 0.15) is 5.75 Å². The average Bonchev–Trinajstić information content (AvgIpc) is 2.61. The standard InChI is InChI=1S/C18H21N3O3/c1-12(22)21-7-3-4-14(11-21)18(23)20-15-8-13-5-6-16(24-2)9-17(13)19-10-15/h5-6,8-10,14H,3-4,7,11H2,1-2H3,(H,20,23). The van der Waals surface area contributed by atoms with E-state index < -0.39 is 0 Å². The van der Waals surface area contributed by atoms with E-state index in [9.17, 15) is 9.59 Å². The van der Waals surface area contributed by atoms with E-state index in [1.807, 2.05) is 24.3 Å². The fraction of sp³-hybridized carbons (Fsp3) is 0.389. The van der Waals surface area contributed by atoms with Gasteiger partial charge in [-0.25, -0.2) is 0 Å². The van der Waals surface area contributed by atoms with Gasteiger partial charge in [-0.05, 0) is 31.0 Å². The molecule has 1 aromatic heterocycles. The van der Waals surface area contributed by atoms with Crippen molar-refractivity contribution in [1.82, 2.24) is 9.88 Å². The lowest BCUT2D eigenvalue weighted by molar-refractivity contribution is -0.132. The zero-order chi connectivity index (χ0) is 17.1. The largest absolute Gasteiger partial charge is 0.497 e. The van der Waals surface area contributed by atoms with Crippen molar-refractivity contribution in [3.8, 4) is 5.75 Å². The molecule has 2 heterocycles. The molecule has 1 aliphatic heterocycles. The lowest BCUT2D eigenvalue weighted by Crippen LogP contribution is -2.42. The van der Waals surface area contributed by atoms with E-state index in [2.05, 4.69) is 10.3 Å². The number of nitrogens with zero attached hydrogens (tertiary/aromatic N) is 2. The topological polar surface area (TPSA) is 71.5 Å². The molecule has 1 unspecified atom stereocenters. The summed E-state index contributed by atoms with van der Waals surface area (Å²) in [5.41, 5.74) is 1.48. The van der Waals surface area contributed by atoms with Gasteiger partial charge in [-0.3, -0.25) is 14.6 Å². The van der Waals surface area contributed by atoms with Gasteiger partial charge in [0.05, 0.1) is 30.4 Å². The Hall–Kier alpha value is -2.63. The maximum absolute atomic E-state index is 12.5. The van der Waals surface area contributed by atoms with Crippen molar-refractivity contribution >= 4 is 28.4 Å². The molecule has 3 rings (SSSR count). The summed E-state index contributed by atoms with van der Waals surface area (Å²) < 4.78 is 5.18. The molecule has 0 radical (unpaired) electrons. The summed E-state index contributed by atoms with van der Waals surface area (Å²) in [6, 6.07) is 7.52. The molecular weight excluding hydrogens is 306 g/mol. The maximum Gasteiger partial charge on any atom is 0.229 e. The number of methoxy groups -OCH3 is 1. The lowest BCUT2D eigenvalue weighted by Gasteiger charge is -2.31. The summed E-state index contributed by atoms with van der Waals surface area (Å²) in [5, 5.41) is 3.85. The van der Waals surface area contributed by atoms with Gasteiger partial charge >= 0.3 is 0 Å². The Kier molecular flexibility index (Phi) is 4.64. The number of hydrogen-bond acceptors (Lipinski definition) is 4. The predicted molar refractivity (Wildman–Crippen MR) is 91.9 cm³/mol.